The minimum absolute atomic E-state index is 0.0259. The van der Waals surface area contributed by atoms with Gasteiger partial charge >= 0.3 is 0 Å². The molecule has 0 saturated heterocycles. The molecular weight excluding hydrogens is 379 g/mol. The molecule has 0 fully saturated rings. The quantitative estimate of drug-likeness (QED) is 0.670. The maximum absolute atomic E-state index is 13.3. The summed E-state index contributed by atoms with van der Waals surface area (Å²) in [6.45, 7) is 6.04. The lowest BCUT2D eigenvalue weighted by Crippen LogP contribution is -2.15. The Bertz CT molecular complexity index is 1080. The van der Waals surface area contributed by atoms with Crippen molar-refractivity contribution in [2.45, 2.75) is 26.2 Å². The van der Waals surface area contributed by atoms with Crippen molar-refractivity contribution in [3.05, 3.63) is 76.2 Å². The Hall–Kier alpha value is -3.17. The fraction of sp³-hybridized carbons (Fsp3) is 0.190. The molecule has 2 aromatic carbocycles. The van der Waals surface area contributed by atoms with E-state index >= 15 is 0 Å². The molecule has 1 heterocycles. The summed E-state index contributed by atoms with van der Waals surface area (Å²) >= 11 is 6.00. The Labute approximate surface area is 167 Å². The van der Waals surface area contributed by atoms with E-state index < -0.39 is 11.7 Å². The molecule has 7 heteroatoms. The van der Waals surface area contributed by atoms with Crippen molar-refractivity contribution in [3.63, 3.8) is 0 Å². The number of nitrogens with one attached hydrogen (secondary N) is 1. The Morgan fingerprint density at radius 1 is 1.18 bits per heavy atom. The predicted molar refractivity (Wildman–Crippen MR) is 106 cm³/mol. The van der Waals surface area contributed by atoms with E-state index in [9.17, 15) is 9.18 Å². The number of hydrogen-bond acceptors (Lipinski definition) is 3. The van der Waals surface area contributed by atoms with Crippen molar-refractivity contribution in [1.29, 1.82) is 5.26 Å². The van der Waals surface area contributed by atoms with E-state index in [0.717, 1.165) is 11.8 Å². The normalized spacial score (nSPS) is 11.1. The van der Waals surface area contributed by atoms with Gasteiger partial charge in [0.2, 0.25) is 0 Å². The molecule has 1 aromatic heterocycles. The molecule has 0 bridgehead atoms. The number of halogens is 2. The fourth-order valence-corrected chi connectivity index (χ4v) is 2.82. The van der Waals surface area contributed by atoms with Crippen LogP contribution in [-0.4, -0.2) is 15.7 Å². The number of nitrogens with zero attached hydrogens (tertiary/aromatic N) is 3. The zero-order chi connectivity index (χ0) is 20.5. The lowest BCUT2D eigenvalue weighted by atomic mass is 9.92. The molecule has 0 aliphatic carbocycles. The number of carbonyl (C=O) groups is 1. The van der Waals surface area contributed by atoms with E-state index in [4.69, 9.17) is 16.9 Å². The molecule has 0 radical (unpaired) electrons. The molecule has 0 spiro atoms. The van der Waals surface area contributed by atoms with Crippen LogP contribution in [0.25, 0.3) is 5.69 Å². The highest BCUT2D eigenvalue weighted by molar-refractivity contribution is 6.34. The second kappa shape index (κ2) is 7.45. The van der Waals surface area contributed by atoms with Gasteiger partial charge in [-0.3, -0.25) is 4.79 Å². The highest BCUT2D eigenvalue weighted by atomic mass is 35.5. The van der Waals surface area contributed by atoms with E-state index in [-0.39, 0.29) is 16.0 Å². The van der Waals surface area contributed by atoms with Crippen molar-refractivity contribution >= 4 is 23.3 Å². The third-order valence-electron chi connectivity index (χ3n) is 4.14. The molecule has 3 aromatic rings. The van der Waals surface area contributed by atoms with Gasteiger partial charge in [0.05, 0.1) is 33.6 Å². The first-order valence-electron chi connectivity index (χ1n) is 8.56. The first-order chi connectivity index (χ1) is 13.2. The Kier molecular flexibility index (Phi) is 5.21. The van der Waals surface area contributed by atoms with Gasteiger partial charge in [-0.2, -0.15) is 10.4 Å². The minimum Gasteiger partial charge on any atom is -0.306 e. The van der Waals surface area contributed by atoms with Crippen LogP contribution < -0.4 is 5.32 Å². The Morgan fingerprint density at radius 2 is 1.86 bits per heavy atom. The van der Waals surface area contributed by atoms with Crippen LogP contribution in [0.15, 0.2) is 48.5 Å². The van der Waals surface area contributed by atoms with Gasteiger partial charge < -0.3 is 5.32 Å². The first kappa shape index (κ1) is 19.6. The maximum atomic E-state index is 13.3. The summed E-state index contributed by atoms with van der Waals surface area (Å²) in [6, 6.07) is 14.3. The average molecular weight is 397 g/mol. The summed E-state index contributed by atoms with van der Waals surface area (Å²) < 4.78 is 14.9. The van der Waals surface area contributed by atoms with Gasteiger partial charge in [-0.1, -0.05) is 32.4 Å². The summed E-state index contributed by atoms with van der Waals surface area (Å²) in [7, 11) is 0. The number of amides is 1. The molecule has 5 nitrogen and oxygen atoms in total. The van der Waals surface area contributed by atoms with Gasteiger partial charge in [0.25, 0.3) is 5.91 Å². The maximum Gasteiger partial charge on any atom is 0.258 e. The topological polar surface area (TPSA) is 70.7 Å². The van der Waals surface area contributed by atoms with Crippen molar-refractivity contribution in [2.24, 2.45) is 0 Å². The summed E-state index contributed by atoms with van der Waals surface area (Å²) in [5, 5.41) is 16.4. The Morgan fingerprint density at radius 3 is 2.43 bits per heavy atom. The zero-order valence-corrected chi connectivity index (χ0v) is 16.4. The number of carbonyl (C=O) groups excluding carboxylic acids is 1. The van der Waals surface area contributed by atoms with Gasteiger partial charge in [0, 0.05) is 11.5 Å². The van der Waals surface area contributed by atoms with Crippen molar-refractivity contribution in [2.75, 3.05) is 5.32 Å². The van der Waals surface area contributed by atoms with Gasteiger partial charge in [0.15, 0.2) is 0 Å². The minimum atomic E-state index is -0.515. The van der Waals surface area contributed by atoms with Crippen LogP contribution in [0.4, 0.5) is 10.2 Å². The summed E-state index contributed by atoms with van der Waals surface area (Å²) in [4.78, 5) is 12.7. The second-order valence-electron chi connectivity index (χ2n) is 7.31. The monoisotopic (exact) mass is 396 g/mol. The second-order valence-corrected chi connectivity index (χ2v) is 7.72. The van der Waals surface area contributed by atoms with E-state index in [1.165, 1.54) is 12.1 Å². The molecule has 0 aliphatic heterocycles. The number of nitriles is 1. The molecule has 28 heavy (non-hydrogen) atoms. The van der Waals surface area contributed by atoms with Crippen molar-refractivity contribution in [1.82, 2.24) is 9.78 Å². The van der Waals surface area contributed by atoms with E-state index in [0.29, 0.717) is 17.1 Å². The summed E-state index contributed by atoms with van der Waals surface area (Å²) in [5.74, 6) is -0.542. The highest BCUT2D eigenvalue weighted by Crippen LogP contribution is 2.27. The number of benzene rings is 2. The lowest BCUT2D eigenvalue weighted by Gasteiger charge is -2.14. The van der Waals surface area contributed by atoms with Gasteiger partial charge in [-0.05, 0) is 42.5 Å². The molecule has 0 atom stereocenters. The first-order valence-corrected chi connectivity index (χ1v) is 8.94. The number of rotatable bonds is 3. The smallest absolute Gasteiger partial charge is 0.258 e. The molecular formula is C21H18ClFN4O. The van der Waals surface area contributed by atoms with E-state index in [1.807, 2.05) is 20.8 Å². The SMILES string of the molecule is CC(C)(C)c1cc(NC(=O)c2ccc(F)cc2Cl)n(-c2ccc(C#N)cc2)n1. The zero-order valence-electron chi connectivity index (χ0n) is 15.6. The number of anilines is 1. The van der Waals surface area contributed by atoms with Crippen LogP contribution >= 0.6 is 11.6 Å². The summed E-state index contributed by atoms with van der Waals surface area (Å²) in [5.41, 5.74) is 1.90. The standard InChI is InChI=1S/C21H18ClFN4O/c1-21(2,3)18-11-19(25-20(28)16-9-6-14(23)10-17(16)22)27(26-18)15-7-4-13(12-24)5-8-15/h4-11H,1-3H3,(H,25,28). The lowest BCUT2D eigenvalue weighted by molar-refractivity contribution is 0.102. The van der Waals surface area contributed by atoms with Crippen molar-refractivity contribution in [3.8, 4) is 11.8 Å². The largest absolute Gasteiger partial charge is 0.306 e. The summed E-state index contributed by atoms with van der Waals surface area (Å²) in [6.07, 6.45) is 0. The Balaban J connectivity index is 2.02. The van der Waals surface area contributed by atoms with Crippen LogP contribution in [0, 0.1) is 17.1 Å². The van der Waals surface area contributed by atoms with Crippen LogP contribution in [0.3, 0.4) is 0 Å². The predicted octanol–water partition coefficient (Wildman–Crippen LogP) is 5.09. The van der Waals surface area contributed by atoms with Gasteiger partial charge in [-0.15, -0.1) is 0 Å². The number of hydrogen-bond donors (Lipinski definition) is 1. The molecule has 142 valence electrons. The molecule has 1 N–H and O–H groups in total. The fourth-order valence-electron chi connectivity index (χ4n) is 2.57. The average Bonchev–Trinajstić information content (AvgIpc) is 3.05. The van der Waals surface area contributed by atoms with Gasteiger partial charge in [-0.25, -0.2) is 9.07 Å². The van der Waals surface area contributed by atoms with E-state index in [1.54, 1.807) is 35.0 Å². The highest BCUT2D eigenvalue weighted by Gasteiger charge is 2.22. The van der Waals surface area contributed by atoms with Gasteiger partial charge in [0.1, 0.15) is 11.6 Å². The molecule has 0 aliphatic rings. The molecule has 0 unspecified atom stereocenters. The van der Waals surface area contributed by atoms with Crippen LogP contribution in [0.5, 0.6) is 0 Å². The van der Waals surface area contributed by atoms with Crippen LogP contribution in [-0.2, 0) is 5.41 Å². The van der Waals surface area contributed by atoms with Crippen LogP contribution in [0.1, 0.15) is 42.4 Å². The van der Waals surface area contributed by atoms with Crippen LogP contribution in [0.2, 0.25) is 5.02 Å². The van der Waals surface area contributed by atoms with E-state index in [2.05, 4.69) is 16.5 Å². The third-order valence-corrected chi connectivity index (χ3v) is 4.45. The molecule has 1 amide bonds. The number of aromatic nitrogens is 2. The third kappa shape index (κ3) is 4.05. The molecule has 0 saturated carbocycles. The van der Waals surface area contributed by atoms with Crippen molar-refractivity contribution < 1.29 is 9.18 Å². The molecule has 3 rings (SSSR count).